The molecule has 0 unspecified atom stereocenters. The quantitative estimate of drug-likeness (QED) is 0.940. The molecule has 3 rings (SSSR count). The highest BCUT2D eigenvalue weighted by molar-refractivity contribution is 7.91. The Morgan fingerprint density at radius 2 is 2.00 bits per heavy atom. The Balaban J connectivity index is 1.60. The molecule has 102 valence electrons. The van der Waals surface area contributed by atoms with Crippen molar-refractivity contribution in [2.45, 2.75) is 25.4 Å². The van der Waals surface area contributed by atoms with Gasteiger partial charge in [-0.2, -0.15) is 0 Å². The lowest BCUT2D eigenvalue weighted by Crippen LogP contribution is -2.37. The standard InChI is InChI=1S/C13H16N2O2S2/c16-19(17)7-5-10(6-8-19)14-9-13-15-11-3-1-2-4-12(11)18-13/h1-4,10,14H,5-9H2. The second kappa shape index (κ2) is 5.19. The van der Waals surface area contributed by atoms with Crippen LogP contribution >= 0.6 is 11.3 Å². The summed E-state index contributed by atoms with van der Waals surface area (Å²) in [5.74, 6) is 0.620. The molecule has 1 aromatic heterocycles. The largest absolute Gasteiger partial charge is 0.308 e. The summed E-state index contributed by atoms with van der Waals surface area (Å²) in [6, 6.07) is 8.40. The number of thiazole rings is 1. The monoisotopic (exact) mass is 296 g/mol. The van der Waals surface area contributed by atoms with E-state index >= 15 is 0 Å². The predicted octanol–water partition coefficient (Wildman–Crippen LogP) is 1.96. The summed E-state index contributed by atoms with van der Waals surface area (Å²) < 4.78 is 23.9. The first kappa shape index (κ1) is 13.0. The molecule has 1 aliphatic rings. The van der Waals surface area contributed by atoms with E-state index in [2.05, 4.69) is 16.4 Å². The zero-order valence-corrected chi connectivity index (χ0v) is 12.1. The summed E-state index contributed by atoms with van der Waals surface area (Å²) in [6.07, 6.45) is 1.43. The maximum absolute atomic E-state index is 11.3. The van der Waals surface area contributed by atoms with E-state index in [-0.39, 0.29) is 0 Å². The van der Waals surface area contributed by atoms with Crippen LogP contribution in [0.15, 0.2) is 24.3 Å². The second-order valence-electron chi connectivity index (χ2n) is 4.88. The lowest BCUT2D eigenvalue weighted by molar-refractivity contribution is 0.463. The van der Waals surface area contributed by atoms with Crippen LogP contribution in [-0.2, 0) is 16.4 Å². The number of fused-ring (bicyclic) bond motifs is 1. The molecule has 2 aromatic rings. The minimum absolute atomic E-state index is 0.301. The highest BCUT2D eigenvalue weighted by Gasteiger charge is 2.23. The van der Waals surface area contributed by atoms with Crippen molar-refractivity contribution in [3.05, 3.63) is 29.3 Å². The number of hydrogen-bond donors (Lipinski definition) is 1. The average Bonchev–Trinajstić information content (AvgIpc) is 2.80. The van der Waals surface area contributed by atoms with Crippen LogP contribution in [0, 0.1) is 0 Å². The van der Waals surface area contributed by atoms with Gasteiger partial charge in [0.2, 0.25) is 0 Å². The number of aromatic nitrogens is 1. The first-order valence-electron chi connectivity index (χ1n) is 6.41. The summed E-state index contributed by atoms with van der Waals surface area (Å²) in [6.45, 7) is 0.726. The molecular formula is C13H16N2O2S2. The molecule has 6 heteroatoms. The van der Waals surface area contributed by atoms with Gasteiger partial charge in [0.05, 0.1) is 21.7 Å². The van der Waals surface area contributed by atoms with Crippen LogP contribution in [-0.4, -0.2) is 30.9 Å². The van der Waals surface area contributed by atoms with Gasteiger partial charge in [0.15, 0.2) is 0 Å². The molecule has 19 heavy (non-hydrogen) atoms. The Kier molecular flexibility index (Phi) is 3.56. The first-order valence-corrected chi connectivity index (χ1v) is 9.04. The van der Waals surface area contributed by atoms with E-state index in [0.717, 1.165) is 17.1 Å². The van der Waals surface area contributed by atoms with Gasteiger partial charge in [0.25, 0.3) is 0 Å². The zero-order valence-electron chi connectivity index (χ0n) is 10.5. The van der Waals surface area contributed by atoms with Crippen LogP contribution in [0.1, 0.15) is 17.8 Å². The van der Waals surface area contributed by atoms with Crippen LogP contribution in [0.25, 0.3) is 10.2 Å². The van der Waals surface area contributed by atoms with Crippen molar-refractivity contribution >= 4 is 31.4 Å². The molecule has 4 nitrogen and oxygen atoms in total. The van der Waals surface area contributed by atoms with Crippen LogP contribution in [0.5, 0.6) is 0 Å². The van der Waals surface area contributed by atoms with Gasteiger partial charge >= 0.3 is 0 Å². The van der Waals surface area contributed by atoms with Gasteiger partial charge in [-0.1, -0.05) is 12.1 Å². The number of sulfone groups is 1. The van der Waals surface area contributed by atoms with Crippen molar-refractivity contribution in [1.29, 1.82) is 0 Å². The molecule has 0 aliphatic carbocycles. The number of rotatable bonds is 3. The van der Waals surface area contributed by atoms with Gasteiger partial charge in [0.1, 0.15) is 14.8 Å². The van der Waals surface area contributed by atoms with Gasteiger partial charge in [-0.15, -0.1) is 11.3 Å². The number of para-hydroxylation sites is 1. The van der Waals surface area contributed by atoms with Crippen LogP contribution < -0.4 is 5.32 Å². The van der Waals surface area contributed by atoms with Crippen molar-refractivity contribution < 1.29 is 8.42 Å². The summed E-state index contributed by atoms with van der Waals surface area (Å²) in [5, 5.41) is 4.48. The molecule has 0 saturated carbocycles. The lowest BCUT2D eigenvalue weighted by atomic mass is 10.1. The first-order chi connectivity index (χ1) is 9.12. The third kappa shape index (κ3) is 3.13. The fraction of sp³-hybridized carbons (Fsp3) is 0.462. The molecule has 1 fully saturated rings. The summed E-state index contributed by atoms with van der Waals surface area (Å²) >= 11 is 1.69. The van der Waals surface area contributed by atoms with Gasteiger partial charge in [-0.3, -0.25) is 0 Å². The molecule has 0 spiro atoms. The molecular weight excluding hydrogens is 280 g/mol. The Hall–Kier alpha value is -0.980. The van der Waals surface area contributed by atoms with Gasteiger partial charge < -0.3 is 5.32 Å². The number of nitrogens with zero attached hydrogens (tertiary/aromatic N) is 1. The SMILES string of the molecule is O=S1(=O)CCC(NCc2nc3ccccc3s2)CC1. The van der Waals surface area contributed by atoms with Crippen LogP contribution in [0.3, 0.4) is 0 Å². The van der Waals surface area contributed by atoms with E-state index < -0.39 is 9.84 Å². The van der Waals surface area contributed by atoms with E-state index in [1.54, 1.807) is 11.3 Å². The molecule has 2 heterocycles. The maximum atomic E-state index is 11.3. The van der Waals surface area contributed by atoms with E-state index in [9.17, 15) is 8.42 Å². The number of nitrogens with one attached hydrogen (secondary N) is 1. The second-order valence-corrected chi connectivity index (χ2v) is 8.30. The van der Waals surface area contributed by atoms with Crippen molar-refractivity contribution in [1.82, 2.24) is 10.3 Å². The van der Waals surface area contributed by atoms with Gasteiger partial charge in [-0.05, 0) is 25.0 Å². The van der Waals surface area contributed by atoms with Crippen molar-refractivity contribution in [3.63, 3.8) is 0 Å². The maximum Gasteiger partial charge on any atom is 0.150 e. The number of benzene rings is 1. The Morgan fingerprint density at radius 1 is 1.26 bits per heavy atom. The van der Waals surface area contributed by atoms with Crippen molar-refractivity contribution in [2.24, 2.45) is 0 Å². The topological polar surface area (TPSA) is 59.1 Å². The molecule has 1 N–H and O–H groups in total. The summed E-state index contributed by atoms with van der Waals surface area (Å²) in [7, 11) is -2.77. The molecule has 0 amide bonds. The minimum Gasteiger partial charge on any atom is -0.308 e. The third-order valence-corrected chi connectivity index (χ3v) is 6.19. The van der Waals surface area contributed by atoms with E-state index in [0.29, 0.717) is 30.4 Å². The molecule has 0 bridgehead atoms. The lowest BCUT2D eigenvalue weighted by Gasteiger charge is -2.22. The average molecular weight is 296 g/mol. The Morgan fingerprint density at radius 3 is 2.74 bits per heavy atom. The van der Waals surface area contributed by atoms with E-state index in [1.807, 2.05) is 18.2 Å². The normalized spacial score (nSPS) is 19.8. The van der Waals surface area contributed by atoms with E-state index in [4.69, 9.17) is 0 Å². The summed E-state index contributed by atoms with van der Waals surface area (Å²) in [4.78, 5) is 4.56. The fourth-order valence-electron chi connectivity index (χ4n) is 2.32. The van der Waals surface area contributed by atoms with Gasteiger partial charge in [0, 0.05) is 12.6 Å². The highest BCUT2D eigenvalue weighted by atomic mass is 32.2. The van der Waals surface area contributed by atoms with E-state index in [1.165, 1.54) is 4.70 Å². The fourth-order valence-corrected chi connectivity index (χ4v) is 4.73. The van der Waals surface area contributed by atoms with Crippen LogP contribution in [0.4, 0.5) is 0 Å². The summed E-state index contributed by atoms with van der Waals surface area (Å²) in [5.41, 5.74) is 1.04. The van der Waals surface area contributed by atoms with Gasteiger partial charge in [-0.25, -0.2) is 13.4 Å². The molecule has 1 aromatic carbocycles. The highest BCUT2D eigenvalue weighted by Crippen LogP contribution is 2.22. The van der Waals surface area contributed by atoms with Crippen molar-refractivity contribution in [3.8, 4) is 0 Å². The zero-order chi connectivity index (χ0) is 13.3. The third-order valence-electron chi connectivity index (χ3n) is 3.43. The molecule has 0 radical (unpaired) electrons. The van der Waals surface area contributed by atoms with Crippen molar-refractivity contribution in [2.75, 3.05) is 11.5 Å². The number of hydrogen-bond acceptors (Lipinski definition) is 5. The minimum atomic E-state index is -2.77. The van der Waals surface area contributed by atoms with Crippen LogP contribution in [0.2, 0.25) is 0 Å². The Labute approximate surface area is 116 Å². The Bertz CT molecular complexity index is 632. The molecule has 0 atom stereocenters. The smallest absolute Gasteiger partial charge is 0.150 e. The molecule has 1 aliphatic heterocycles. The predicted molar refractivity (Wildman–Crippen MR) is 78.1 cm³/mol. The molecule has 1 saturated heterocycles.